The number of hydrogen-bond acceptors (Lipinski definition) is 3. The van der Waals surface area contributed by atoms with Crippen LogP contribution in [0.25, 0.3) is 0 Å². The third kappa shape index (κ3) is 5.24. The van der Waals surface area contributed by atoms with E-state index in [4.69, 9.17) is 5.11 Å². The average Bonchev–Trinajstić information content (AvgIpc) is 2.32. The molecule has 1 saturated heterocycles. The van der Waals surface area contributed by atoms with Gasteiger partial charge in [-0.05, 0) is 52.2 Å². The van der Waals surface area contributed by atoms with Crippen molar-refractivity contribution in [2.24, 2.45) is 0 Å². The Hall–Kier alpha value is -0.120. The van der Waals surface area contributed by atoms with E-state index in [1.165, 1.54) is 19.3 Å². The molecule has 13 heavy (non-hydrogen) atoms. The summed E-state index contributed by atoms with van der Waals surface area (Å²) in [5, 5.41) is 16.0. The summed E-state index contributed by atoms with van der Waals surface area (Å²) in [6.07, 6.45) is 4.46. The molecule has 0 aromatic carbocycles. The van der Waals surface area contributed by atoms with E-state index in [-0.39, 0.29) is 6.10 Å². The molecule has 0 amide bonds. The van der Waals surface area contributed by atoms with Gasteiger partial charge < -0.3 is 15.7 Å². The maximum Gasteiger partial charge on any atom is 0.0524 e. The molecule has 2 atom stereocenters. The highest BCUT2D eigenvalue weighted by Gasteiger charge is 2.10. The first-order valence-corrected chi connectivity index (χ1v) is 5.41. The van der Waals surface area contributed by atoms with Crippen LogP contribution >= 0.6 is 0 Å². The van der Waals surface area contributed by atoms with Crippen molar-refractivity contribution in [3.05, 3.63) is 0 Å². The molecule has 1 aliphatic heterocycles. The number of aliphatic hydroxyl groups excluding tert-OH is 1. The molecule has 0 spiro atoms. The Kier molecular flexibility index (Phi) is 5.35. The van der Waals surface area contributed by atoms with Gasteiger partial charge in [0.1, 0.15) is 0 Å². The van der Waals surface area contributed by atoms with Gasteiger partial charge in [-0.3, -0.25) is 0 Å². The fourth-order valence-corrected chi connectivity index (χ4v) is 1.72. The van der Waals surface area contributed by atoms with Crippen molar-refractivity contribution in [2.45, 2.75) is 44.8 Å². The Morgan fingerprint density at radius 3 is 3.08 bits per heavy atom. The van der Waals surface area contributed by atoms with Crippen LogP contribution in [0.15, 0.2) is 0 Å². The molecule has 1 rings (SSSR count). The second-order valence-electron chi connectivity index (χ2n) is 3.97. The normalized spacial score (nSPS) is 26.8. The highest BCUT2D eigenvalue weighted by Crippen LogP contribution is 2.04. The SMILES string of the molecule is CC(O)CCNC1CCCNCC1. The molecule has 3 N–H and O–H groups in total. The van der Waals surface area contributed by atoms with E-state index in [9.17, 15) is 0 Å². The topological polar surface area (TPSA) is 44.3 Å². The van der Waals surface area contributed by atoms with Gasteiger partial charge in [-0.1, -0.05) is 0 Å². The fourth-order valence-electron chi connectivity index (χ4n) is 1.72. The Morgan fingerprint density at radius 1 is 1.46 bits per heavy atom. The second-order valence-corrected chi connectivity index (χ2v) is 3.97. The van der Waals surface area contributed by atoms with Crippen LogP contribution in [-0.2, 0) is 0 Å². The van der Waals surface area contributed by atoms with E-state index in [0.717, 1.165) is 26.1 Å². The minimum atomic E-state index is -0.170. The quantitative estimate of drug-likeness (QED) is 0.598. The standard InChI is InChI=1S/C10H22N2O/c1-9(13)4-8-12-10-3-2-6-11-7-5-10/h9-13H,2-8H2,1H3. The van der Waals surface area contributed by atoms with Crippen molar-refractivity contribution >= 4 is 0 Å². The lowest BCUT2D eigenvalue weighted by atomic mass is 10.1. The van der Waals surface area contributed by atoms with Crippen LogP contribution in [-0.4, -0.2) is 36.9 Å². The van der Waals surface area contributed by atoms with Gasteiger partial charge in [-0.15, -0.1) is 0 Å². The molecule has 1 aliphatic rings. The zero-order valence-electron chi connectivity index (χ0n) is 8.55. The van der Waals surface area contributed by atoms with Crippen molar-refractivity contribution in [3.63, 3.8) is 0 Å². The molecule has 3 heteroatoms. The monoisotopic (exact) mass is 186 g/mol. The molecule has 0 aromatic heterocycles. The third-order valence-corrected chi connectivity index (χ3v) is 2.57. The molecule has 0 aliphatic carbocycles. The molecule has 0 saturated carbocycles. The summed E-state index contributed by atoms with van der Waals surface area (Å²) in [5.41, 5.74) is 0. The lowest BCUT2D eigenvalue weighted by Gasteiger charge is -2.16. The summed E-state index contributed by atoms with van der Waals surface area (Å²) >= 11 is 0. The summed E-state index contributed by atoms with van der Waals surface area (Å²) in [6, 6.07) is 0.661. The van der Waals surface area contributed by atoms with E-state index in [1.807, 2.05) is 6.92 Å². The van der Waals surface area contributed by atoms with Crippen LogP contribution in [0.2, 0.25) is 0 Å². The van der Waals surface area contributed by atoms with Crippen LogP contribution < -0.4 is 10.6 Å². The number of nitrogens with one attached hydrogen (secondary N) is 2. The van der Waals surface area contributed by atoms with E-state index in [0.29, 0.717) is 6.04 Å². The minimum absolute atomic E-state index is 0.170. The molecule has 1 fully saturated rings. The minimum Gasteiger partial charge on any atom is -0.393 e. The largest absolute Gasteiger partial charge is 0.393 e. The summed E-state index contributed by atoms with van der Waals surface area (Å²) in [4.78, 5) is 0. The van der Waals surface area contributed by atoms with Crippen molar-refractivity contribution in [1.82, 2.24) is 10.6 Å². The third-order valence-electron chi connectivity index (χ3n) is 2.57. The maximum atomic E-state index is 9.09. The van der Waals surface area contributed by atoms with Crippen LogP contribution in [0, 0.1) is 0 Å². The zero-order chi connectivity index (χ0) is 9.52. The Balaban J connectivity index is 2.05. The van der Waals surface area contributed by atoms with Crippen LogP contribution in [0.5, 0.6) is 0 Å². The van der Waals surface area contributed by atoms with Crippen molar-refractivity contribution < 1.29 is 5.11 Å². The van der Waals surface area contributed by atoms with Gasteiger partial charge in [-0.2, -0.15) is 0 Å². The average molecular weight is 186 g/mol. The van der Waals surface area contributed by atoms with Gasteiger partial charge >= 0.3 is 0 Å². The van der Waals surface area contributed by atoms with Gasteiger partial charge in [0.25, 0.3) is 0 Å². The number of rotatable bonds is 4. The highest BCUT2D eigenvalue weighted by molar-refractivity contribution is 4.72. The smallest absolute Gasteiger partial charge is 0.0524 e. The predicted octanol–water partition coefficient (Wildman–Crippen LogP) is 0.489. The lowest BCUT2D eigenvalue weighted by Crippen LogP contribution is -2.32. The number of hydrogen-bond donors (Lipinski definition) is 3. The molecule has 0 aromatic rings. The molecule has 0 bridgehead atoms. The summed E-state index contributed by atoms with van der Waals surface area (Å²) in [7, 11) is 0. The van der Waals surface area contributed by atoms with Crippen LogP contribution in [0.4, 0.5) is 0 Å². The van der Waals surface area contributed by atoms with Gasteiger partial charge in [0.15, 0.2) is 0 Å². The fraction of sp³-hybridized carbons (Fsp3) is 1.00. The van der Waals surface area contributed by atoms with Crippen molar-refractivity contribution in [1.29, 1.82) is 0 Å². The first kappa shape index (κ1) is 11.0. The summed E-state index contributed by atoms with van der Waals surface area (Å²) in [5.74, 6) is 0. The van der Waals surface area contributed by atoms with E-state index < -0.39 is 0 Å². The molecular weight excluding hydrogens is 164 g/mol. The first-order chi connectivity index (χ1) is 6.29. The Bertz CT molecular complexity index is 120. The van der Waals surface area contributed by atoms with E-state index in [2.05, 4.69) is 10.6 Å². The molecule has 0 radical (unpaired) electrons. The van der Waals surface area contributed by atoms with Crippen LogP contribution in [0.1, 0.15) is 32.6 Å². The van der Waals surface area contributed by atoms with Gasteiger partial charge in [0.05, 0.1) is 6.10 Å². The van der Waals surface area contributed by atoms with Crippen molar-refractivity contribution in [3.8, 4) is 0 Å². The zero-order valence-corrected chi connectivity index (χ0v) is 8.55. The second kappa shape index (κ2) is 6.35. The predicted molar refractivity (Wildman–Crippen MR) is 54.8 cm³/mol. The maximum absolute atomic E-state index is 9.09. The first-order valence-electron chi connectivity index (χ1n) is 5.41. The summed E-state index contributed by atoms with van der Waals surface area (Å²) < 4.78 is 0. The van der Waals surface area contributed by atoms with Gasteiger partial charge in [0, 0.05) is 6.04 Å². The van der Waals surface area contributed by atoms with Crippen LogP contribution in [0.3, 0.4) is 0 Å². The molecule has 1 heterocycles. The summed E-state index contributed by atoms with van der Waals surface area (Å²) in [6.45, 7) is 5.08. The van der Waals surface area contributed by atoms with Gasteiger partial charge in [0.2, 0.25) is 0 Å². The lowest BCUT2D eigenvalue weighted by molar-refractivity contribution is 0.182. The molecular formula is C10H22N2O. The van der Waals surface area contributed by atoms with E-state index in [1.54, 1.807) is 0 Å². The van der Waals surface area contributed by atoms with E-state index >= 15 is 0 Å². The molecule has 2 unspecified atom stereocenters. The molecule has 78 valence electrons. The highest BCUT2D eigenvalue weighted by atomic mass is 16.3. The molecule has 3 nitrogen and oxygen atoms in total. The van der Waals surface area contributed by atoms with Crippen molar-refractivity contribution in [2.75, 3.05) is 19.6 Å². The van der Waals surface area contributed by atoms with Gasteiger partial charge in [-0.25, -0.2) is 0 Å². The Labute approximate surface area is 80.9 Å². The Morgan fingerprint density at radius 2 is 2.31 bits per heavy atom. The number of aliphatic hydroxyl groups is 1.